The minimum absolute atomic E-state index is 0.0787. The summed E-state index contributed by atoms with van der Waals surface area (Å²) in [7, 11) is 0. The lowest BCUT2D eigenvalue weighted by Gasteiger charge is -2.04. The Morgan fingerprint density at radius 1 is 1.58 bits per heavy atom. The van der Waals surface area contributed by atoms with Crippen molar-refractivity contribution in [3.63, 3.8) is 0 Å². The number of hydrogen-bond donors (Lipinski definition) is 1. The molecule has 0 spiro atoms. The fourth-order valence-corrected chi connectivity index (χ4v) is 0.887. The van der Waals surface area contributed by atoms with Crippen LogP contribution < -0.4 is 4.74 Å². The van der Waals surface area contributed by atoms with Crippen molar-refractivity contribution in [1.82, 2.24) is 0 Å². The fraction of sp³-hybridized carbons (Fsp3) is 0.222. The van der Waals surface area contributed by atoms with Crippen LogP contribution in [0.5, 0.6) is 11.5 Å². The van der Waals surface area contributed by atoms with Crippen LogP contribution in [-0.2, 0) is 0 Å². The number of nitrogens with zero attached hydrogens (tertiary/aromatic N) is 1. The number of rotatable bonds is 2. The van der Waals surface area contributed by atoms with E-state index in [9.17, 15) is 0 Å². The zero-order chi connectivity index (χ0) is 8.97. The number of hydrogen-bond acceptors (Lipinski definition) is 3. The van der Waals surface area contributed by atoms with Crippen LogP contribution in [0.2, 0.25) is 0 Å². The summed E-state index contributed by atoms with van der Waals surface area (Å²) in [5.74, 6) is 0.591. The first-order valence-corrected chi connectivity index (χ1v) is 3.64. The van der Waals surface area contributed by atoms with Crippen LogP contribution in [0.3, 0.4) is 0 Å². The van der Waals surface area contributed by atoms with Crippen molar-refractivity contribution < 1.29 is 9.84 Å². The van der Waals surface area contributed by atoms with Crippen LogP contribution in [0, 0.1) is 11.3 Å². The fourth-order valence-electron chi connectivity index (χ4n) is 0.887. The number of phenols is 1. The van der Waals surface area contributed by atoms with Crippen LogP contribution in [-0.4, -0.2) is 11.7 Å². The van der Waals surface area contributed by atoms with Gasteiger partial charge in [0, 0.05) is 6.07 Å². The van der Waals surface area contributed by atoms with Gasteiger partial charge in [-0.15, -0.1) is 0 Å². The van der Waals surface area contributed by atoms with Crippen LogP contribution in [0.25, 0.3) is 0 Å². The minimum Gasteiger partial charge on any atom is -0.508 e. The first-order valence-electron chi connectivity index (χ1n) is 3.64. The van der Waals surface area contributed by atoms with E-state index < -0.39 is 0 Å². The molecule has 1 aromatic rings. The van der Waals surface area contributed by atoms with Gasteiger partial charge in [-0.1, -0.05) is 0 Å². The summed E-state index contributed by atoms with van der Waals surface area (Å²) >= 11 is 0. The average molecular weight is 163 g/mol. The molecule has 0 aliphatic rings. The summed E-state index contributed by atoms with van der Waals surface area (Å²) in [6.45, 7) is 2.35. The molecule has 12 heavy (non-hydrogen) atoms. The monoisotopic (exact) mass is 163 g/mol. The zero-order valence-electron chi connectivity index (χ0n) is 6.74. The predicted octanol–water partition coefficient (Wildman–Crippen LogP) is 1.66. The molecule has 0 atom stereocenters. The van der Waals surface area contributed by atoms with Crippen molar-refractivity contribution in [3.8, 4) is 17.6 Å². The van der Waals surface area contributed by atoms with Crippen molar-refractivity contribution in [1.29, 1.82) is 5.26 Å². The minimum atomic E-state index is 0.0787. The lowest BCUT2D eigenvalue weighted by molar-refractivity contribution is 0.338. The Morgan fingerprint density at radius 2 is 2.33 bits per heavy atom. The molecule has 0 heterocycles. The van der Waals surface area contributed by atoms with Gasteiger partial charge in [-0.3, -0.25) is 0 Å². The Bertz CT molecular complexity index is 315. The van der Waals surface area contributed by atoms with Gasteiger partial charge in [0.05, 0.1) is 12.2 Å². The molecule has 3 nitrogen and oxygen atoms in total. The van der Waals surface area contributed by atoms with Crippen LogP contribution in [0.15, 0.2) is 18.2 Å². The third kappa shape index (κ3) is 1.67. The predicted molar refractivity (Wildman–Crippen MR) is 44.0 cm³/mol. The highest BCUT2D eigenvalue weighted by atomic mass is 16.5. The van der Waals surface area contributed by atoms with Crippen molar-refractivity contribution in [2.24, 2.45) is 0 Å². The van der Waals surface area contributed by atoms with Gasteiger partial charge in [-0.2, -0.15) is 5.26 Å². The Balaban J connectivity index is 3.05. The smallest absolute Gasteiger partial charge is 0.137 e. The van der Waals surface area contributed by atoms with Gasteiger partial charge >= 0.3 is 0 Å². The highest BCUT2D eigenvalue weighted by Crippen LogP contribution is 2.22. The molecule has 0 saturated carbocycles. The van der Waals surface area contributed by atoms with E-state index in [-0.39, 0.29) is 5.75 Å². The lowest BCUT2D eigenvalue weighted by Crippen LogP contribution is -1.93. The molecule has 0 unspecified atom stereocenters. The SMILES string of the molecule is CCOc1ccc(O)cc1C#N. The maximum absolute atomic E-state index is 9.03. The molecule has 62 valence electrons. The molecular weight excluding hydrogens is 154 g/mol. The van der Waals surface area contributed by atoms with E-state index in [1.165, 1.54) is 12.1 Å². The number of ether oxygens (including phenoxy) is 1. The molecule has 0 aromatic heterocycles. The van der Waals surface area contributed by atoms with E-state index in [4.69, 9.17) is 15.1 Å². The maximum Gasteiger partial charge on any atom is 0.137 e. The number of nitriles is 1. The summed E-state index contributed by atoms with van der Waals surface area (Å²) in [6.07, 6.45) is 0. The molecule has 0 bridgehead atoms. The van der Waals surface area contributed by atoms with E-state index >= 15 is 0 Å². The zero-order valence-corrected chi connectivity index (χ0v) is 6.74. The number of benzene rings is 1. The molecule has 0 amide bonds. The largest absolute Gasteiger partial charge is 0.508 e. The van der Waals surface area contributed by atoms with Crippen LogP contribution in [0.4, 0.5) is 0 Å². The van der Waals surface area contributed by atoms with Crippen molar-refractivity contribution in [2.45, 2.75) is 6.92 Å². The second-order valence-electron chi connectivity index (χ2n) is 2.23. The highest BCUT2D eigenvalue weighted by molar-refractivity contribution is 5.47. The quantitative estimate of drug-likeness (QED) is 0.721. The van der Waals surface area contributed by atoms with E-state index in [2.05, 4.69) is 0 Å². The molecular formula is C9H9NO2. The molecule has 1 N–H and O–H groups in total. The van der Waals surface area contributed by atoms with Crippen molar-refractivity contribution in [3.05, 3.63) is 23.8 Å². The van der Waals surface area contributed by atoms with E-state index in [0.29, 0.717) is 17.9 Å². The van der Waals surface area contributed by atoms with E-state index in [1.807, 2.05) is 13.0 Å². The lowest BCUT2D eigenvalue weighted by atomic mass is 10.2. The van der Waals surface area contributed by atoms with Crippen molar-refractivity contribution in [2.75, 3.05) is 6.61 Å². The second-order valence-corrected chi connectivity index (χ2v) is 2.23. The molecule has 0 saturated heterocycles. The second kappa shape index (κ2) is 3.63. The standard InChI is InChI=1S/C9H9NO2/c1-2-12-9-4-3-8(11)5-7(9)6-10/h3-5,11H,2H2,1H3. The molecule has 0 radical (unpaired) electrons. The van der Waals surface area contributed by atoms with E-state index in [0.717, 1.165) is 0 Å². The van der Waals surface area contributed by atoms with Gasteiger partial charge in [0.15, 0.2) is 0 Å². The Morgan fingerprint density at radius 3 is 2.92 bits per heavy atom. The third-order valence-corrected chi connectivity index (χ3v) is 1.38. The molecule has 1 aromatic carbocycles. The summed E-state index contributed by atoms with van der Waals surface area (Å²) in [6, 6.07) is 6.39. The van der Waals surface area contributed by atoms with Gasteiger partial charge in [-0.25, -0.2) is 0 Å². The Kier molecular flexibility index (Phi) is 2.54. The normalized spacial score (nSPS) is 9.00. The van der Waals surface area contributed by atoms with Crippen LogP contribution in [0.1, 0.15) is 12.5 Å². The van der Waals surface area contributed by atoms with Gasteiger partial charge in [0.1, 0.15) is 17.6 Å². The molecule has 1 rings (SSSR count). The number of phenolic OH excluding ortho intramolecular Hbond substituents is 1. The highest BCUT2D eigenvalue weighted by Gasteiger charge is 2.02. The molecule has 0 aliphatic heterocycles. The summed E-state index contributed by atoms with van der Waals surface area (Å²) in [4.78, 5) is 0. The third-order valence-electron chi connectivity index (χ3n) is 1.38. The van der Waals surface area contributed by atoms with Crippen molar-refractivity contribution >= 4 is 0 Å². The first kappa shape index (κ1) is 8.41. The van der Waals surface area contributed by atoms with Crippen LogP contribution >= 0.6 is 0 Å². The maximum atomic E-state index is 9.03. The topological polar surface area (TPSA) is 53.2 Å². The molecule has 0 aliphatic carbocycles. The first-order chi connectivity index (χ1) is 5.77. The van der Waals surface area contributed by atoms with Gasteiger partial charge in [0.2, 0.25) is 0 Å². The summed E-state index contributed by atoms with van der Waals surface area (Å²) in [5, 5.41) is 17.7. The average Bonchev–Trinajstić information content (AvgIpc) is 2.08. The van der Waals surface area contributed by atoms with Gasteiger partial charge in [0.25, 0.3) is 0 Å². The summed E-state index contributed by atoms with van der Waals surface area (Å²) < 4.78 is 5.15. The molecule has 0 fully saturated rings. The van der Waals surface area contributed by atoms with E-state index in [1.54, 1.807) is 6.07 Å². The van der Waals surface area contributed by atoms with Gasteiger partial charge in [-0.05, 0) is 19.1 Å². The Labute approximate surface area is 70.8 Å². The summed E-state index contributed by atoms with van der Waals surface area (Å²) in [5.41, 5.74) is 0.358. The Hall–Kier alpha value is -1.69. The number of aromatic hydroxyl groups is 1. The van der Waals surface area contributed by atoms with Gasteiger partial charge < -0.3 is 9.84 Å². The molecule has 3 heteroatoms.